The Kier molecular flexibility index (Phi) is 10.8. The van der Waals surface area contributed by atoms with E-state index in [9.17, 15) is 0 Å². The van der Waals surface area contributed by atoms with Crippen LogP contribution in [0.5, 0.6) is 0 Å². The molecule has 11 rings (SSSR count). The number of aromatic amines is 1. The van der Waals surface area contributed by atoms with Gasteiger partial charge in [-0.05, 0) is 147 Å². The molecule has 2 aromatic heterocycles. The molecule has 0 amide bonds. The number of hydrogen-bond acceptors (Lipinski definition) is 3. The Morgan fingerprint density at radius 1 is 0.357 bits per heavy atom. The van der Waals surface area contributed by atoms with Crippen molar-refractivity contribution in [3.05, 3.63) is 217 Å². The predicted octanol–water partition coefficient (Wildman–Crippen LogP) is 19.4. The molecule has 4 nitrogen and oxygen atoms in total. The lowest BCUT2D eigenvalue weighted by Gasteiger charge is -2.31. The SMILES string of the molecule is CC(C)(C)c1ccc(N(c2ccc(N(c3ccccc3)c3ccccc3)cc2)c2cc(-c3cc(C(C)(C)C)cc4c3[nH]c3ccc(C(C)(C)C)cc34)cc3c2oc2ccccc23)c(-c2ccccc2)c1. The van der Waals surface area contributed by atoms with Crippen LogP contribution in [0.3, 0.4) is 0 Å². The Hall–Kier alpha value is -7.82. The Morgan fingerprint density at radius 2 is 0.871 bits per heavy atom. The second-order valence-corrected chi connectivity index (χ2v) is 22.0. The molecule has 0 atom stereocenters. The minimum atomic E-state index is -0.107. The summed E-state index contributed by atoms with van der Waals surface area (Å²) in [6.45, 7) is 20.7. The molecule has 0 fully saturated rings. The van der Waals surface area contributed by atoms with Crippen LogP contribution in [0.2, 0.25) is 0 Å². The number of para-hydroxylation sites is 3. The molecule has 0 radical (unpaired) electrons. The third kappa shape index (κ3) is 8.11. The lowest BCUT2D eigenvalue weighted by Crippen LogP contribution is -2.15. The zero-order chi connectivity index (χ0) is 48.5. The molecule has 4 heteroatoms. The summed E-state index contributed by atoms with van der Waals surface area (Å²) in [5.41, 5.74) is 18.5. The highest BCUT2D eigenvalue weighted by atomic mass is 16.3. The molecule has 0 aliphatic carbocycles. The first-order valence-corrected chi connectivity index (χ1v) is 24.7. The number of furan rings is 1. The van der Waals surface area contributed by atoms with Crippen molar-refractivity contribution >= 4 is 77.9 Å². The summed E-state index contributed by atoms with van der Waals surface area (Å²) >= 11 is 0. The number of hydrogen-bond donors (Lipinski definition) is 1. The minimum absolute atomic E-state index is 0.0112. The Bertz CT molecular complexity index is 3650. The molecular weight excluding hydrogens is 851 g/mol. The van der Waals surface area contributed by atoms with Crippen molar-refractivity contribution in [2.45, 2.75) is 78.6 Å². The average molecular weight is 912 g/mol. The van der Waals surface area contributed by atoms with Gasteiger partial charge in [-0.2, -0.15) is 0 Å². The normalized spacial score (nSPS) is 12.4. The molecule has 1 N–H and O–H groups in total. The van der Waals surface area contributed by atoms with E-state index < -0.39 is 0 Å². The van der Waals surface area contributed by atoms with Crippen LogP contribution in [-0.2, 0) is 16.2 Å². The monoisotopic (exact) mass is 911 g/mol. The van der Waals surface area contributed by atoms with Crippen molar-refractivity contribution in [3.63, 3.8) is 0 Å². The second kappa shape index (κ2) is 17.0. The lowest BCUT2D eigenvalue weighted by molar-refractivity contribution is 0.590. The summed E-state index contributed by atoms with van der Waals surface area (Å²) in [7, 11) is 0. The average Bonchev–Trinajstić information content (AvgIpc) is 3.93. The van der Waals surface area contributed by atoms with Gasteiger partial charge >= 0.3 is 0 Å². The van der Waals surface area contributed by atoms with E-state index in [1.807, 2.05) is 0 Å². The summed E-state index contributed by atoms with van der Waals surface area (Å²) in [6.07, 6.45) is 0. The van der Waals surface area contributed by atoms with Gasteiger partial charge < -0.3 is 19.2 Å². The highest BCUT2D eigenvalue weighted by Crippen LogP contribution is 2.50. The third-order valence-electron chi connectivity index (χ3n) is 14.0. The number of benzene rings is 9. The van der Waals surface area contributed by atoms with E-state index in [4.69, 9.17) is 4.42 Å². The Balaban J connectivity index is 1.22. The van der Waals surface area contributed by atoms with Crippen LogP contribution in [0.4, 0.5) is 34.1 Å². The molecule has 0 bridgehead atoms. The van der Waals surface area contributed by atoms with Gasteiger partial charge in [-0.3, -0.25) is 0 Å². The summed E-state index contributed by atoms with van der Waals surface area (Å²) < 4.78 is 7.10. The largest absolute Gasteiger partial charge is 0.454 e. The van der Waals surface area contributed by atoms with Gasteiger partial charge in [0.15, 0.2) is 5.58 Å². The van der Waals surface area contributed by atoms with E-state index in [1.165, 1.54) is 27.5 Å². The van der Waals surface area contributed by atoms with E-state index in [0.29, 0.717) is 0 Å². The molecule has 9 aromatic carbocycles. The summed E-state index contributed by atoms with van der Waals surface area (Å²) in [6, 6.07) is 73.1. The Morgan fingerprint density at radius 3 is 1.50 bits per heavy atom. The van der Waals surface area contributed by atoms with Gasteiger partial charge in [-0.25, -0.2) is 0 Å². The molecule has 0 unspecified atom stereocenters. The van der Waals surface area contributed by atoms with Crippen LogP contribution in [-0.4, -0.2) is 4.98 Å². The molecular formula is C66H61N3O. The number of fused-ring (bicyclic) bond motifs is 6. The standard InChI is InChI=1S/C66H61N3O/c1-64(2,3)45-29-35-58-55(40-45)56-42-47(66(7,8)9)41-54(62(56)67-58)44-37-57-52-27-19-20-28-61(52)70-63(57)60(38-44)69(59-36-30-46(65(4,5)6)39-53(59)43-21-13-10-14-22-43)51-33-31-50(32-34-51)68(48-23-15-11-16-24-48)49-25-17-12-18-26-49/h10-42,67H,1-9H3. The van der Waals surface area contributed by atoms with Crippen LogP contribution in [0.1, 0.15) is 79.0 Å². The fraction of sp³-hybridized carbons (Fsp3) is 0.182. The van der Waals surface area contributed by atoms with Gasteiger partial charge in [-0.1, -0.05) is 159 Å². The van der Waals surface area contributed by atoms with Gasteiger partial charge in [-0.15, -0.1) is 0 Å². The van der Waals surface area contributed by atoms with Crippen LogP contribution < -0.4 is 9.80 Å². The molecule has 0 saturated heterocycles. The lowest BCUT2D eigenvalue weighted by atomic mass is 9.83. The van der Waals surface area contributed by atoms with Gasteiger partial charge in [0.25, 0.3) is 0 Å². The number of nitrogens with one attached hydrogen (secondary N) is 1. The van der Waals surface area contributed by atoms with Crippen molar-refractivity contribution < 1.29 is 4.42 Å². The number of anilines is 6. The van der Waals surface area contributed by atoms with E-state index in [0.717, 1.165) is 89.4 Å². The van der Waals surface area contributed by atoms with E-state index in [-0.39, 0.29) is 16.2 Å². The first-order valence-electron chi connectivity index (χ1n) is 24.7. The van der Waals surface area contributed by atoms with Gasteiger partial charge in [0.05, 0.1) is 16.9 Å². The Labute approximate surface area is 412 Å². The number of nitrogens with zero attached hydrogens (tertiary/aromatic N) is 2. The van der Waals surface area contributed by atoms with Crippen molar-refractivity contribution in [2.75, 3.05) is 9.80 Å². The summed E-state index contributed by atoms with van der Waals surface area (Å²) in [4.78, 5) is 8.70. The highest BCUT2D eigenvalue weighted by molar-refractivity contribution is 6.16. The molecule has 0 aliphatic heterocycles. The van der Waals surface area contributed by atoms with E-state index in [1.54, 1.807) is 0 Å². The zero-order valence-electron chi connectivity index (χ0n) is 41.9. The highest BCUT2D eigenvalue weighted by Gasteiger charge is 2.28. The molecule has 0 spiro atoms. The number of rotatable bonds is 8. The fourth-order valence-corrected chi connectivity index (χ4v) is 10.1. The van der Waals surface area contributed by atoms with Crippen molar-refractivity contribution in [2.24, 2.45) is 0 Å². The maximum atomic E-state index is 7.10. The number of H-pyrrole nitrogens is 1. The molecule has 11 aromatic rings. The summed E-state index contributed by atoms with van der Waals surface area (Å²) in [5, 5.41) is 4.63. The van der Waals surface area contributed by atoms with Crippen molar-refractivity contribution in [1.82, 2.24) is 4.98 Å². The predicted molar refractivity (Wildman–Crippen MR) is 299 cm³/mol. The first kappa shape index (κ1) is 44.7. The molecule has 2 heterocycles. The molecule has 0 saturated carbocycles. The third-order valence-corrected chi connectivity index (χ3v) is 14.0. The van der Waals surface area contributed by atoms with E-state index >= 15 is 0 Å². The van der Waals surface area contributed by atoms with Crippen molar-refractivity contribution in [1.29, 1.82) is 0 Å². The quantitative estimate of drug-likeness (QED) is 0.165. The second-order valence-electron chi connectivity index (χ2n) is 22.0. The number of aromatic nitrogens is 1. The first-order chi connectivity index (χ1) is 33.6. The van der Waals surface area contributed by atoms with Crippen LogP contribution in [0.25, 0.3) is 66.0 Å². The molecule has 0 aliphatic rings. The van der Waals surface area contributed by atoms with Crippen LogP contribution >= 0.6 is 0 Å². The van der Waals surface area contributed by atoms with Gasteiger partial charge in [0.1, 0.15) is 5.58 Å². The van der Waals surface area contributed by atoms with Crippen LogP contribution in [0, 0.1) is 0 Å². The molecule has 346 valence electrons. The van der Waals surface area contributed by atoms with Crippen LogP contribution in [0.15, 0.2) is 205 Å². The maximum Gasteiger partial charge on any atom is 0.159 e. The maximum absolute atomic E-state index is 7.10. The topological polar surface area (TPSA) is 35.4 Å². The van der Waals surface area contributed by atoms with Gasteiger partial charge in [0, 0.05) is 60.9 Å². The van der Waals surface area contributed by atoms with E-state index in [2.05, 4.69) is 277 Å². The molecule has 70 heavy (non-hydrogen) atoms. The smallest absolute Gasteiger partial charge is 0.159 e. The van der Waals surface area contributed by atoms with Crippen molar-refractivity contribution in [3.8, 4) is 22.3 Å². The van der Waals surface area contributed by atoms with Gasteiger partial charge in [0.2, 0.25) is 0 Å². The summed E-state index contributed by atoms with van der Waals surface area (Å²) in [5.74, 6) is 0. The zero-order valence-corrected chi connectivity index (χ0v) is 41.9. The minimum Gasteiger partial charge on any atom is -0.454 e. The fourth-order valence-electron chi connectivity index (χ4n) is 10.1.